The van der Waals surface area contributed by atoms with E-state index in [9.17, 15) is 20.0 Å². The van der Waals surface area contributed by atoms with Crippen molar-refractivity contribution < 1.29 is 19.6 Å². The summed E-state index contributed by atoms with van der Waals surface area (Å²) in [6.07, 6.45) is 1.46. The molecule has 0 aromatic heterocycles. The summed E-state index contributed by atoms with van der Waals surface area (Å²) in [4.78, 5) is 21.9. The van der Waals surface area contributed by atoms with Gasteiger partial charge in [0.1, 0.15) is 0 Å². The molecule has 0 spiro atoms. The number of carbonyl (C=O) groups excluding carboxylic acids is 1. The first-order valence-corrected chi connectivity index (χ1v) is 9.24. The zero-order valence-electron chi connectivity index (χ0n) is 14.6. The molecule has 2 aromatic rings. The highest BCUT2D eigenvalue weighted by Crippen LogP contribution is 2.26. The summed E-state index contributed by atoms with van der Waals surface area (Å²) in [7, 11) is 0. The Kier molecular flexibility index (Phi) is 7.63. The molecule has 0 saturated heterocycles. The zero-order chi connectivity index (χ0) is 19.6. The normalized spacial score (nSPS) is 10.7. The fraction of sp³-hybridized carbons (Fsp3) is 0.222. The molecule has 2 rings (SSSR count). The van der Waals surface area contributed by atoms with E-state index in [0.717, 1.165) is 5.56 Å². The number of nitrogens with zero attached hydrogens (tertiary/aromatic N) is 2. The summed E-state index contributed by atoms with van der Waals surface area (Å²) in [5, 5.41) is 24.1. The minimum absolute atomic E-state index is 0.0394. The molecule has 8 nitrogen and oxygen atoms in total. The zero-order valence-corrected chi connectivity index (χ0v) is 15.4. The predicted octanol–water partition coefficient (Wildman–Crippen LogP) is 3.08. The van der Waals surface area contributed by atoms with Crippen LogP contribution in [0.2, 0.25) is 0 Å². The number of rotatable bonds is 9. The highest BCUT2D eigenvalue weighted by Gasteiger charge is 2.05. The number of carbonyl (C=O) groups is 1. The summed E-state index contributed by atoms with van der Waals surface area (Å²) in [6.45, 7) is 2.24. The number of hydrazone groups is 1. The average molecular weight is 389 g/mol. The maximum absolute atomic E-state index is 11.8. The van der Waals surface area contributed by atoms with E-state index in [4.69, 9.17) is 4.74 Å². The minimum Gasteiger partial charge on any atom is -0.504 e. The summed E-state index contributed by atoms with van der Waals surface area (Å²) in [5.41, 5.74) is 4.04. The van der Waals surface area contributed by atoms with Crippen molar-refractivity contribution in [2.24, 2.45) is 5.10 Å². The minimum atomic E-state index is -0.451. The van der Waals surface area contributed by atoms with Crippen LogP contribution in [0.4, 0.5) is 5.69 Å². The molecule has 2 N–H and O–H groups in total. The number of hydrogen-bond donors (Lipinski definition) is 2. The smallest absolute Gasteiger partial charge is 0.269 e. The number of ether oxygens (including phenoxy) is 1. The maximum Gasteiger partial charge on any atom is 0.269 e. The van der Waals surface area contributed by atoms with Crippen molar-refractivity contribution in [3.8, 4) is 11.5 Å². The number of aromatic hydroxyl groups is 1. The third kappa shape index (κ3) is 6.63. The second-order valence-corrected chi connectivity index (χ2v) is 6.36. The van der Waals surface area contributed by atoms with Crippen LogP contribution in [0.1, 0.15) is 18.1 Å². The molecule has 0 fully saturated rings. The van der Waals surface area contributed by atoms with E-state index in [1.54, 1.807) is 24.3 Å². The van der Waals surface area contributed by atoms with Crippen molar-refractivity contribution in [1.29, 1.82) is 0 Å². The number of phenols is 1. The quantitative estimate of drug-likeness (QED) is 0.387. The number of benzene rings is 2. The van der Waals surface area contributed by atoms with Gasteiger partial charge in [-0.3, -0.25) is 14.9 Å². The van der Waals surface area contributed by atoms with Crippen LogP contribution in [0.15, 0.2) is 47.6 Å². The lowest BCUT2D eigenvalue weighted by atomic mass is 10.2. The van der Waals surface area contributed by atoms with Crippen LogP contribution in [-0.2, 0) is 10.5 Å². The van der Waals surface area contributed by atoms with Gasteiger partial charge in [0.2, 0.25) is 5.91 Å². The van der Waals surface area contributed by atoms with E-state index < -0.39 is 4.92 Å². The van der Waals surface area contributed by atoms with Crippen molar-refractivity contribution in [2.75, 3.05) is 12.4 Å². The Morgan fingerprint density at radius 1 is 1.33 bits per heavy atom. The molecule has 0 unspecified atom stereocenters. The topological polar surface area (TPSA) is 114 Å². The Hall–Kier alpha value is -3.07. The van der Waals surface area contributed by atoms with E-state index in [1.165, 1.54) is 36.2 Å². The number of phenolic OH excluding ortho intramolecular Hbond substituents is 1. The fourth-order valence-electron chi connectivity index (χ4n) is 2.07. The van der Waals surface area contributed by atoms with Crippen molar-refractivity contribution in [2.45, 2.75) is 12.7 Å². The van der Waals surface area contributed by atoms with Gasteiger partial charge >= 0.3 is 0 Å². The molecular weight excluding hydrogens is 370 g/mol. The number of hydrogen-bond acceptors (Lipinski definition) is 7. The first-order valence-electron chi connectivity index (χ1n) is 8.08. The standard InChI is InChI=1S/C18H19N3O5S/c1-2-26-17-9-14(5-8-16(17)22)10-19-20-18(23)12-27-11-13-3-6-15(7-4-13)21(24)25/h3-10,22H,2,11-12H2,1H3,(H,20,23)/b19-10-. The van der Waals surface area contributed by atoms with Crippen LogP contribution < -0.4 is 10.2 Å². The number of nitro groups is 1. The molecular formula is C18H19N3O5S. The molecule has 0 saturated carbocycles. The second kappa shape index (κ2) is 10.2. The number of amides is 1. The Morgan fingerprint density at radius 3 is 2.74 bits per heavy atom. The van der Waals surface area contributed by atoms with Gasteiger partial charge in [0, 0.05) is 17.9 Å². The fourth-order valence-corrected chi connectivity index (χ4v) is 2.85. The van der Waals surface area contributed by atoms with Gasteiger partial charge in [0.05, 0.1) is 23.5 Å². The van der Waals surface area contributed by atoms with Crippen LogP contribution in [0.5, 0.6) is 11.5 Å². The number of nitro benzene ring substituents is 1. The van der Waals surface area contributed by atoms with Crippen molar-refractivity contribution in [1.82, 2.24) is 5.43 Å². The van der Waals surface area contributed by atoms with Crippen molar-refractivity contribution in [3.63, 3.8) is 0 Å². The van der Waals surface area contributed by atoms with Gasteiger partial charge in [-0.25, -0.2) is 5.43 Å². The molecule has 27 heavy (non-hydrogen) atoms. The van der Waals surface area contributed by atoms with Gasteiger partial charge in [0.25, 0.3) is 5.69 Å². The summed E-state index contributed by atoms with van der Waals surface area (Å²) < 4.78 is 5.28. The van der Waals surface area contributed by atoms with Gasteiger partial charge in [0.15, 0.2) is 11.5 Å². The Labute approximate surface area is 160 Å². The van der Waals surface area contributed by atoms with Crippen LogP contribution in [0.25, 0.3) is 0 Å². The SMILES string of the molecule is CCOc1cc(/C=N\NC(=O)CSCc2ccc([N+](=O)[O-])cc2)ccc1O. The monoisotopic (exact) mass is 389 g/mol. The third-order valence-corrected chi connectivity index (χ3v) is 4.34. The lowest BCUT2D eigenvalue weighted by Crippen LogP contribution is -2.19. The molecule has 0 heterocycles. The first kappa shape index (κ1) is 20.2. The van der Waals surface area contributed by atoms with Crippen LogP contribution in [-0.4, -0.2) is 34.5 Å². The largest absolute Gasteiger partial charge is 0.504 e. The van der Waals surface area contributed by atoms with Crippen molar-refractivity contribution in [3.05, 3.63) is 63.7 Å². The number of non-ortho nitro benzene ring substituents is 1. The van der Waals surface area contributed by atoms with E-state index in [1.807, 2.05) is 6.92 Å². The second-order valence-electron chi connectivity index (χ2n) is 5.37. The first-order chi connectivity index (χ1) is 13.0. The van der Waals surface area contributed by atoms with E-state index in [-0.39, 0.29) is 23.1 Å². The Balaban J connectivity index is 1.76. The van der Waals surface area contributed by atoms with Crippen molar-refractivity contribution >= 4 is 29.6 Å². The number of thioether (sulfide) groups is 1. The molecule has 142 valence electrons. The van der Waals surface area contributed by atoms with Gasteiger partial charge in [-0.15, -0.1) is 11.8 Å². The average Bonchev–Trinajstić information content (AvgIpc) is 2.65. The van der Waals surface area contributed by atoms with E-state index in [2.05, 4.69) is 10.5 Å². The predicted molar refractivity (Wildman–Crippen MR) is 104 cm³/mol. The molecule has 0 aliphatic heterocycles. The third-order valence-electron chi connectivity index (χ3n) is 3.34. The van der Waals surface area contributed by atoms with Gasteiger partial charge in [-0.05, 0) is 36.2 Å². The summed E-state index contributed by atoms with van der Waals surface area (Å²) >= 11 is 1.38. The highest BCUT2D eigenvalue weighted by atomic mass is 32.2. The van der Waals surface area contributed by atoms with Crippen LogP contribution in [0.3, 0.4) is 0 Å². The van der Waals surface area contributed by atoms with Gasteiger partial charge in [-0.2, -0.15) is 5.10 Å². The Bertz CT molecular complexity index is 824. The highest BCUT2D eigenvalue weighted by molar-refractivity contribution is 7.99. The molecule has 0 radical (unpaired) electrons. The summed E-state index contributed by atoms with van der Waals surface area (Å²) in [5.74, 6) is 0.896. The molecule has 0 bridgehead atoms. The molecule has 1 amide bonds. The number of nitrogens with one attached hydrogen (secondary N) is 1. The lowest BCUT2D eigenvalue weighted by molar-refractivity contribution is -0.384. The molecule has 2 aromatic carbocycles. The van der Waals surface area contributed by atoms with Crippen LogP contribution in [0, 0.1) is 10.1 Å². The lowest BCUT2D eigenvalue weighted by Gasteiger charge is -2.06. The Morgan fingerprint density at radius 2 is 2.07 bits per heavy atom. The van der Waals surface area contributed by atoms with E-state index >= 15 is 0 Å². The van der Waals surface area contributed by atoms with Gasteiger partial charge < -0.3 is 9.84 Å². The van der Waals surface area contributed by atoms with E-state index in [0.29, 0.717) is 23.7 Å². The van der Waals surface area contributed by atoms with Gasteiger partial charge in [-0.1, -0.05) is 12.1 Å². The molecule has 9 heteroatoms. The molecule has 0 aliphatic rings. The molecule has 0 aliphatic carbocycles. The molecule has 0 atom stereocenters. The summed E-state index contributed by atoms with van der Waals surface area (Å²) in [6, 6.07) is 11.0. The van der Waals surface area contributed by atoms with Crippen LogP contribution >= 0.6 is 11.8 Å². The maximum atomic E-state index is 11.8.